The summed E-state index contributed by atoms with van der Waals surface area (Å²) < 4.78 is 0. The summed E-state index contributed by atoms with van der Waals surface area (Å²) in [5.74, 6) is 0.352. The summed E-state index contributed by atoms with van der Waals surface area (Å²) in [6.07, 6.45) is 1.38. The number of hydrogen-bond donors (Lipinski definition) is 2. The molecular weight excluding hydrogens is 346 g/mol. The van der Waals surface area contributed by atoms with Crippen LogP contribution in [0.3, 0.4) is 0 Å². The quantitative estimate of drug-likeness (QED) is 0.725. The molecule has 3 rings (SSSR count). The number of aromatic amines is 1. The van der Waals surface area contributed by atoms with Crippen molar-refractivity contribution in [1.82, 2.24) is 20.2 Å². The topological polar surface area (TPSA) is 101 Å². The third-order valence-electron chi connectivity index (χ3n) is 3.69. The molecule has 0 bridgehead atoms. The van der Waals surface area contributed by atoms with Gasteiger partial charge in [0, 0.05) is 17.7 Å². The van der Waals surface area contributed by atoms with Crippen molar-refractivity contribution in [3.63, 3.8) is 0 Å². The van der Waals surface area contributed by atoms with Crippen LogP contribution in [-0.2, 0) is 17.6 Å². The Kier molecular flexibility index (Phi) is 4.72. The van der Waals surface area contributed by atoms with Crippen LogP contribution in [0, 0.1) is 13.8 Å². The lowest BCUT2D eigenvalue weighted by atomic mass is 10.2. The van der Waals surface area contributed by atoms with E-state index < -0.39 is 0 Å². The Bertz CT molecular complexity index is 957. The second kappa shape index (κ2) is 6.78. The van der Waals surface area contributed by atoms with E-state index in [1.54, 1.807) is 0 Å². The van der Waals surface area contributed by atoms with Crippen LogP contribution in [0.5, 0.6) is 0 Å². The number of carbonyl (C=O) groups is 1. The van der Waals surface area contributed by atoms with Crippen molar-refractivity contribution in [2.24, 2.45) is 0 Å². The van der Waals surface area contributed by atoms with E-state index in [1.165, 1.54) is 22.7 Å². The molecule has 0 aliphatic heterocycles. The zero-order valence-corrected chi connectivity index (χ0v) is 15.2. The zero-order chi connectivity index (χ0) is 17.3. The maximum Gasteiger partial charge on any atom is 0.259 e. The minimum absolute atomic E-state index is 0.144. The minimum atomic E-state index is -0.171. The number of nitrogens with zero attached hydrogens (tertiary/aromatic N) is 3. The van der Waals surface area contributed by atoms with Crippen LogP contribution < -0.4 is 10.9 Å². The first-order valence-electron chi connectivity index (χ1n) is 7.59. The van der Waals surface area contributed by atoms with Gasteiger partial charge in [0.2, 0.25) is 11.0 Å². The molecule has 0 aliphatic rings. The van der Waals surface area contributed by atoms with Gasteiger partial charge in [-0.25, -0.2) is 4.98 Å². The SMILES string of the molecule is CCc1nnc(NC(=O)CCc2nc3sc(C)c(C)c3c(=O)[nH]2)s1. The standard InChI is InChI=1S/C15H17N5O2S2/c1-4-11-19-20-15(24-11)18-10(21)6-5-9-16-13(22)12-7(2)8(3)23-14(12)17-9/h4-6H2,1-3H3,(H,16,17,22)(H,18,20,21). The Balaban J connectivity index is 1.69. The molecule has 0 saturated carbocycles. The molecule has 0 atom stereocenters. The Labute approximate surface area is 146 Å². The summed E-state index contributed by atoms with van der Waals surface area (Å²) in [4.78, 5) is 33.3. The van der Waals surface area contributed by atoms with E-state index >= 15 is 0 Å². The van der Waals surface area contributed by atoms with Crippen LogP contribution >= 0.6 is 22.7 Å². The zero-order valence-electron chi connectivity index (χ0n) is 13.6. The number of hydrogen-bond acceptors (Lipinski definition) is 7. The Hall–Kier alpha value is -2.13. The highest BCUT2D eigenvalue weighted by molar-refractivity contribution is 7.18. The van der Waals surface area contributed by atoms with Crippen molar-refractivity contribution < 1.29 is 4.79 Å². The van der Waals surface area contributed by atoms with Gasteiger partial charge in [-0.1, -0.05) is 18.3 Å². The molecule has 9 heteroatoms. The number of nitrogens with one attached hydrogen (secondary N) is 2. The predicted octanol–water partition coefficient (Wildman–Crippen LogP) is 2.59. The first kappa shape index (κ1) is 16.7. The average Bonchev–Trinajstić information content (AvgIpc) is 3.10. The molecule has 3 aromatic heterocycles. The lowest BCUT2D eigenvalue weighted by molar-refractivity contribution is -0.116. The molecule has 0 unspecified atom stereocenters. The average molecular weight is 363 g/mol. The van der Waals surface area contributed by atoms with E-state index in [9.17, 15) is 9.59 Å². The lowest BCUT2D eigenvalue weighted by Crippen LogP contribution is -2.16. The number of aryl methyl sites for hydroxylation is 4. The molecule has 7 nitrogen and oxygen atoms in total. The molecule has 0 spiro atoms. The first-order chi connectivity index (χ1) is 11.5. The summed E-state index contributed by atoms with van der Waals surface area (Å²) in [5.41, 5.74) is 0.824. The van der Waals surface area contributed by atoms with Gasteiger partial charge in [0.05, 0.1) is 5.39 Å². The van der Waals surface area contributed by atoms with Crippen molar-refractivity contribution in [3.05, 3.63) is 31.6 Å². The van der Waals surface area contributed by atoms with E-state index in [2.05, 4.69) is 25.5 Å². The number of thiophene rings is 1. The molecule has 3 aromatic rings. The second-order valence-electron chi connectivity index (χ2n) is 5.38. The van der Waals surface area contributed by atoms with E-state index in [4.69, 9.17) is 0 Å². The van der Waals surface area contributed by atoms with Gasteiger partial charge in [-0.3, -0.25) is 9.59 Å². The van der Waals surface area contributed by atoms with Crippen molar-refractivity contribution >= 4 is 43.9 Å². The van der Waals surface area contributed by atoms with Gasteiger partial charge in [-0.2, -0.15) is 0 Å². The van der Waals surface area contributed by atoms with E-state index in [-0.39, 0.29) is 17.9 Å². The normalized spacial score (nSPS) is 11.1. The van der Waals surface area contributed by atoms with Crippen LogP contribution in [0.15, 0.2) is 4.79 Å². The number of amides is 1. The molecule has 0 aliphatic carbocycles. The molecule has 1 amide bonds. The minimum Gasteiger partial charge on any atom is -0.310 e. The fraction of sp³-hybridized carbons (Fsp3) is 0.400. The van der Waals surface area contributed by atoms with Gasteiger partial charge in [-0.05, 0) is 25.8 Å². The third kappa shape index (κ3) is 3.36. The van der Waals surface area contributed by atoms with Gasteiger partial charge >= 0.3 is 0 Å². The van der Waals surface area contributed by atoms with Crippen molar-refractivity contribution in [1.29, 1.82) is 0 Å². The van der Waals surface area contributed by atoms with Crippen LogP contribution in [0.2, 0.25) is 0 Å². The molecule has 0 radical (unpaired) electrons. The second-order valence-corrected chi connectivity index (χ2v) is 7.64. The fourth-order valence-electron chi connectivity index (χ4n) is 2.28. The molecule has 0 saturated heterocycles. The number of anilines is 1. The largest absolute Gasteiger partial charge is 0.310 e. The van der Waals surface area contributed by atoms with Gasteiger partial charge in [0.25, 0.3) is 5.56 Å². The van der Waals surface area contributed by atoms with Crippen LogP contribution in [0.1, 0.15) is 34.6 Å². The Morgan fingerprint density at radius 3 is 2.75 bits per heavy atom. The summed E-state index contributed by atoms with van der Waals surface area (Å²) in [6, 6.07) is 0. The van der Waals surface area contributed by atoms with Gasteiger partial charge in [0.1, 0.15) is 15.7 Å². The highest BCUT2D eigenvalue weighted by Crippen LogP contribution is 2.25. The number of aromatic nitrogens is 4. The Morgan fingerprint density at radius 1 is 1.25 bits per heavy atom. The molecule has 0 fully saturated rings. The molecule has 126 valence electrons. The van der Waals surface area contributed by atoms with Crippen LogP contribution in [-0.4, -0.2) is 26.1 Å². The highest BCUT2D eigenvalue weighted by Gasteiger charge is 2.13. The molecule has 0 aromatic carbocycles. The highest BCUT2D eigenvalue weighted by atomic mass is 32.1. The monoisotopic (exact) mass is 363 g/mol. The molecule has 2 N–H and O–H groups in total. The van der Waals surface area contributed by atoms with Crippen LogP contribution in [0.25, 0.3) is 10.2 Å². The first-order valence-corrected chi connectivity index (χ1v) is 9.22. The number of rotatable bonds is 5. The summed E-state index contributed by atoms with van der Waals surface area (Å²) >= 11 is 2.87. The maximum atomic E-state index is 12.2. The van der Waals surface area contributed by atoms with E-state index in [0.717, 1.165) is 26.7 Å². The predicted molar refractivity (Wildman–Crippen MR) is 96.0 cm³/mol. The fourth-order valence-corrected chi connectivity index (χ4v) is 4.02. The van der Waals surface area contributed by atoms with Gasteiger partial charge in [-0.15, -0.1) is 21.5 Å². The molecule has 24 heavy (non-hydrogen) atoms. The summed E-state index contributed by atoms with van der Waals surface area (Å²) in [6.45, 7) is 5.88. The van der Waals surface area contributed by atoms with Gasteiger partial charge < -0.3 is 10.3 Å². The van der Waals surface area contributed by atoms with Gasteiger partial charge in [0.15, 0.2) is 0 Å². The third-order valence-corrected chi connectivity index (χ3v) is 5.78. The summed E-state index contributed by atoms with van der Waals surface area (Å²) in [5, 5.41) is 12.6. The number of fused-ring (bicyclic) bond motifs is 1. The van der Waals surface area contributed by atoms with E-state index in [0.29, 0.717) is 22.8 Å². The van der Waals surface area contributed by atoms with Crippen LogP contribution in [0.4, 0.5) is 5.13 Å². The molecule has 3 heterocycles. The van der Waals surface area contributed by atoms with Crippen molar-refractivity contribution in [3.8, 4) is 0 Å². The van der Waals surface area contributed by atoms with Crippen molar-refractivity contribution in [2.45, 2.75) is 40.0 Å². The lowest BCUT2D eigenvalue weighted by Gasteiger charge is -2.02. The Morgan fingerprint density at radius 2 is 2.04 bits per heavy atom. The van der Waals surface area contributed by atoms with E-state index in [1.807, 2.05) is 20.8 Å². The number of H-pyrrole nitrogens is 1. The maximum absolute atomic E-state index is 12.2. The smallest absolute Gasteiger partial charge is 0.259 e. The molecular formula is C15H17N5O2S2. The number of carbonyl (C=O) groups excluding carboxylic acids is 1. The van der Waals surface area contributed by atoms with Crippen molar-refractivity contribution in [2.75, 3.05) is 5.32 Å². The summed E-state index contributed by atoms with van der Waals surface area (Å²) in [7, 11) is 0.